The van der Waals surface area contributed by atoms with Crippen LogP contribution in [-0.4, -0.2) is 29.6 Å². The highest BCUT2D eigenvalue weighted by Crippen LogP contribution is 2.66. The smallest absolute Gasteiger partial charge is 0.163 e. The first-order chi connectivity index (χ1) is 9.83. The molecule has 0 aromatic rings. The Morgan fingerprint density at radius 2 is 1.19 bits per heavy atom. The summed E-state index contributed by atoms with van der Waals surface area (Å²) in [6.45, 7) is 3.95. The monoisotopic (exact) mass is 292 g/mol. The van der Waals surface area contributed by atoms with Crippen LogP contribution < -0.4 is 0 Å². The van der Waals surface area contributed by atoms with Gasteiger partial charge in [0.1, 0.15) is 11.6 Å². The number of carbonyl (C=O) groups is 2. The summed E-state index contributed by atoms with van der Waals surface area (Å²) in [5.41, 5.74) is -0.134. The predicted molar refractivity (Wildman–Crippen MR) is 75.6 cm³/mol. The van der Waals surface area contributed by atoms with Crippen molar-refractivity contribution in [2.75, 3.05) is 0 Å². The fraction of sp³-hybridized carbons (Fsp3) is 0.882. The fourth-order valence-electron chi connectivity index (χ4n) is 5.63. The van der Waals surface area contributed by atoms with Gasteiger partial charge in [0.25, 0.3) is 0 Å². The van der Waals surface area contributed by atoms with Crippen LogP contribution in [0, 0.1) is 10.8 Å². The quantitative estimate of drug-likeness (QED) is 0.689. The van der Waals surface area contributed by atoms with Gasteiger partial charge in [-0.1, -0.05) is 0 Å². The molecular formula is C17H24O4. The van der Waals surface area contributed by atoms with Crippen LogP contribution in [0.5, 0.6) is 0 Å². The summed E-state index contributed by atoms with van der Waals surface area (Å²) < 4.78 is 12.1. The lowest BCUT2D eigenvalue weighted by Gasteiger charge is -2.42. The summed E-state index contributed by atoms with van der Waals surface area (Å²) >= 11 is 0. The predicted octanol–water partition coefficient (Wildman–Crippen LogP) is 2.78. The van der Waals surface area contributed by atoms with Crippen molar-refractivity contribution in [1.29, 1.82) is 0 Å². The highest BCUT2D eigenvalue weighted by molar-refractivity contribution is 5.91. The van der Waals surface area contributed by atoms with Crippen molar-refractivity contribution in [2.45, 2.75) is 83.2 Å². The van der Waals surface area contributed by atoms with Crippen LogP contribution in [0.1, 0.15) is 65.2 Å². The first-order valence-electron chi connectivity index (χ1n) is 8.22. The van der Waals surface area contributed by atoms with E-state index in [0.29, 0.717) is 37.2 Å². The Balaban J connectivity index is 1.65. The molecule has 0 unspecified atom stereocenters. The van der Waals surface area contributed by atoms with Crippen molar-refractivity contribution in [3.63, 3.8) is 0 Å². The minimum absolute atomic E-state index is 0.0672. The van der Waals surface area contributed by atoms with Crippen LogP contribution in [-0.2, 0) is 19.1 Å². The number of fused-ring (bicyclic) bond motifs is 1. The van der Waals surface area contributed by atoms with E-state index in [1.807, 2.05) is 13.8 Å². The first kappa shape index (κ1) is 13.9. The standard InChI is InChI=1S/C17H24O4/c1-15(2)20-13-3-5-16-7-11(18)9-17(16,10-12(19)8-16)6-4-14(13)21-15/h13-14H,3-10H2,1-2H3/t13-,14+,16?,17?. The van der Waals surface area contributed by atoms with E-state index in [-0.39, 0.29) is 23.0 Å². The number of ether oxygens (including phenoxy) is 2. The average Bonchev–Trinajstić information content (AvgIpc) is 2.86. The lowest BCUT2D eigenvalue weighted by molar-refractivity contribution is -0.147. The molecule has 4 fully saturated rings. The van der Waals surface area contributed by atoms with E-state index in [4.69, 9.17) is 9.47 Å². The van der Waals surface area contributed by atoms with E-state index in [1.165, 1.54) is 0 Å². The Kier molecular flexibility index (Phi) is 2.76. The number of hydrogen-bond acceptors (Lipinski definition) is 4. The summed E-state index contributed by atoms with van der Waals surface area (Å²) in [4.78, 5) is 24.2. The Bertz CT molecular complexity index is 447. The molecule has 0 amide bonds. The Morgan fingerprint density at radius 3 is 1.57 bits per heavy atom. The summed E-state index contributed by atoms with van der Waals surface area (Å²) in [6.07, 6.45) is 6.39. The van der Waals surface area contributed by atoms with E-state index in [1.54, 1.807) is 0 Å². The van der Waals surface area contributed by atoms with Gasteiger partial charge in [-0.25, -0.2) is 0 Å². The van der Waals surface area contributed by atoms with Gasteiger partial charge >= 0.3 is 0 Å². The van der Waals surface area contributed by atoms with Crippen molar-refractivity contribution in [3.8, 4) is 0 Å². The van der Waals surface area contributed by atoms with E-state index < -0.39 is 5.79 Å². The molecule has 4 aliphatic rings. The van der Waals surface area contributed by atoms with E-state index in [2.05, 4.69) is 0 Å². The molecule has 3 saturated carbocycles. The second-order valence-corrected chi connectivity index (χ2v) is 8.13. The molecule has 0 aromatic heterocycles. The van der Waals surface area contributed by atoms with Gasteiger partial charge in [0.05, 0.1) is 12.2 Å². The molecule has 1 heterocycles. The topological polar surface area (TPSA) is 52.6 Å². The minimum atomic E-state index is -0.495. The number of Topliss-reactive ketones (excluding diaryl/α,β-unsaturated/α-hetero) is 2. The van der Waals surface area contributed by atoms with Crippen LogP contribution in [0.3, 0.4) is 0 Å². The van der Waals surface area contributed by atoms with Crippen molar-refractivity contribution in [1.82, 2.24) is 0 Å². The highest BCUT2D eigenvalue weighted by Gasteiger charge is 2.63. The van der Waals surface area contributed by atoms with Gasteiger partial charge in [0.15, 0.2) is 5.79 Å². The molecule has 4 nitrogen and oxygen atoms in total. The SMILES string of the molecule is CC1(C)O[C@H]2CCC34CC(=O)CC3(CC[C@H]2O1)CC(=O)C4. The maximum absolute atomic E-state index is 12.1. The summed E-state index contributed by atoms with van der Waals surface area (Å²) in [7, 11) is 0. The Hall–Kier alpha value is -0.740. The summed E-state index contributed by atoms with van der Waals surface area (Å²) in [5.74, 6) is 0.221. The van der Waals surface area contributed by atoms with Crippen LogP contribution in [0.15, 0.2) is 0 Å². The van der Waals surface area contributed by atoms with Crippen LogP contribution >= 0.6 is 0 Å². The molecule has 0 radical (unpaired) electrons. The normalized spacial score (nSPS) is 48.5. The van der Waals surface area contributed by atoms with Crippen molar-refractivity contribution in [3.05, 3.63) is 0 Å². The van der Waals surface area contributed by atoms with E-state index in [0.717, 1.165) is 25.7 Å². The number of carbonyl (C=O) groups excluding carboxylic acids is 2. The van der Waals surface area contributed by atoms with Crippen LogP contribution in [0.25, 0.3) is 0 Å². The molecule has 2 atom stereocenters. The van der Waals surface area contributed by atoms with Crippen molar-refractivity contribution >= 4 is 11.6 Å². The lowest BCUT2D eigenvalue weighted by Crippen LogP contribution is -2.38. The highest BCUT2D eigenvalue weighted by atomic mass is 16.7. The molecule has 0 N–H and O–H groups in total. The van der Waals surface area contributed by atoms with Gasteiger partial charge in [-0.2, -0.15) is 0 Å². The largest absolute Gasteiger partial charge is 0.345 e. The lowest BCUT2D eigenvalue weighted by atomic mass is 9.61. The van der Waals surface area contributed by atoms with Gasteiger partial charge in [-0.05, 0) is 50.4 Å². The molecule has 0 bridgehead atoms. The van der Waals surface area contributed by atoms with Gasteiger partial charge in [0.2, 0.25) is 0 Å². The fourth-order valence-corrected chi connectivity index (χ4v) is 5.63. The zero-order valence-electron chi connectivity index (χ0n) is 12.9. The molecular weight excluding hydrogens is 268 g/mol. The van der Waals surface area contributed by atoms with Gasteiger partial charge in [0, 0.05) is 25.7 Å². The van der Waals surface area contributed by atoms with Crippen molar-refractivity contribution in [2.24, 2.45) is 10.8 Å². The Morgan fingerprint density at radius 1 is 0.810 bits per heavy atom. The van der Waals surface area contributed by atoms with Gasteiger partial charge < -0.3 is 9.47 Å². The zero-order chi connectivity index (χ0) is 14.9. The third-order valence-corrected chi connectivity index (χ3v) is 6.37. The first-order valence-corrected chi connectivity index (χ1v) is 8.22. The molecule has 1 aliphatic heterocycles. The van der Waals surface area contributed by atoms with Crippen LogP contribution in [0.4, 0.5) is 0 Å². The van der Waals surface area contributed by atoms with Crippen molar-refractivity contribution < 1.29 is 19.1 Å². The molecule has 21 heavy (non-hydrogen) atoms. The summed E-state index contributed by atoms with van der Waals surface area (Å²) in [6, 6.07) is 0. The molecule has 4 rings (SSSR count). The van der Waals surface area contributed by atoms with E-state index in [9.17, 15) is 9.59 Å². The molecule has 1 saturated heterocycles. The third kappa shape index (κ3) is 1.95. The Labute approximate surface area is 125 Å². The maximum Gasteiger partial charge on any atom is 0.163 e. The molecule has 0 spiro atoms. The zero-order valence-corrected chi connectivity index (χ0v) is 12.9. The van der Waals surface area contributed by atoms with Crippen LogP contribution in [0.2, 0.25) is 0 Å². The number of ketones is 2. The number of hydrogen-bond donors (Lipinski definition) is 0. The van der Waals surface area contributed by atoms with Gasteiger partial charge in [-0.15, -0.1) is 0 Å². The molecule has 116 valence electrons. The second-order valence-electron chi connectivity index (χ2n) is 8.13. The molecule has 0 aromatic carbocycles. The minimum Gasteiger partial charge on any atom is -0.345 e. The molecule has 4 heteroatoms. The molecule has 3 aliphatic carbocycles. The van der Waals surface area contributed by atoms with Gasteiger partial charge in [-0.3, -0.25) is 9.59 Å². The average molecular weight is 292 g/mol. The van der Waals surface area contributed by atoms with E-state index >= 15 is 0 Å². The summed E-state index contributed by atoms with van der Waals surface area (Å²) in [5, 5.41) is 0. The number of rotatable bonds is 0. The maximum atomic E-state index is 12.1. The second kappa shape index (κ2) is 4.17. The third-order valence-electron chi connectivity index (χ3n) is 6.37.